The van der Waals surface area contributed by atoms with Crippen LogP contribution in [0, 0.1) is 13.8 Å². The fourth-order valence-electron chi connectivity index (χ4n) is 2.85. The number of anilines is 1. The topological polar surface area (TPSA) is 79.8 Å². The van der Waals surface area contributed by atoms with E-state index in [0.29, 0.717) is 21.3 Å². The van der Waals surface area contributed by atoms with Gasteiger partial charge in [0, 0.05) is 25.8 Å². The molecule has 2 N–H and O–H groups in total. The van der Waals surface area contributed by atoms with Gasteiger partial charge in [-0.25, -0.2) is 5.43 Å². The molecule has 0 aliphatic heterocycles. The van der Waals surface area contributed by atoms with Crippen LogP contribution in [0.1, 0.15) is 27.0 Å². The van der Waals surface area contributed by atoms with E-state index >= 15 is 0 Å². The first-order chi connectivity index (χ1) is 15.7. The monoisotopic (exact) mass is 635 g/mol. The van der Waals surface area contributed by atoms with Gasteiger partial charge < -0.3 is 10.1 Å². The lowest BCUT2D eigenvalue weighted by molar-refractivity contribution is -0.118. The van der Waals surface area contributed by atoms with Crippen LogP contribution in [0.5, 0.6) is 5.75 Å². The lowest BCUT2D eigenvalue weighted by atomic mass is 10.1. The van der Waals surface area contributed by atoms with Crippen LogP contribution in [-0.4, -0.2) is 24.6 Å². The largest absolute Gasteiger partial charge is 0.482 e. The maximum atomic E-state index is 12.5. The SMILES string of the molecule is Cc1ccc(C)c(NC(=O)COc2c(Br)cc(Br)cc2/C=N/NC(=O)c2ccc(Br)cc2)c1. The Balaban J connectivity index is 1.69. The molecule has 0 atom stereocenters. The quantitative estimate of drug-likeness (QED) is 0.233. The molecule has 3 aromatic carbocycles. The van der Waals surface area contributed by atoms with E-state index in [1.54, 1.807) is 36.4 Å². The molecule has 0 saturated heterocycles. The second-order valence-corrected chi connectivity index (χ2v) is 9.85. The number of rotatable bonds is 7. The summed E-state index contributed by atoms with van der Waals surface area (Å²) >= 11 is 10.2. The number of benzene rings is 3. The summed E-state index contributed by atoms with van der Waals surface area (Å²) < 4.78 is 8.09. The minimum absolute atomic E-state index is 0.195. The van der Waals surface area contributed by atoms with E-state index in [1.807, 2.05) is 32.0 Å². The summed E-state index contributed by atoms with van der Waals surface area (Å²) in [5.74, 6) is -0.205. The van der Waals surface area contributed by atoms with Gasteiger partial charge in [-0.1, -0.05) is 44.0 Å². The van der Waals surface area contributed by atoms with E-state index in [4.69, 9.17) is 4.74 Å². The van der Waals surface area contributed by atoms with Gasteiger partial charge in [-0.2, -0.15) is 5.10 Å². The van der Waals surface area contributed by atoms with Crippen LogP contribution in [0.4, 0.5) is 5.69 Å². The molecular weight excluding hydrogens is 618 g/mol. The summed E-state index contributed by atoms with van der Waals surface area (Å²) in [7, 11) is 0. The van der Waals surface area contributed by atoms with E-state index in [2.05, 4.69) is 63.6 Å². The van der Waals surface area contributed by atoms with Crippen LogP contribution in [0.15, 0.2) is 73.1 Å². The first kappa shape index (κ1) is 25.1. The van der Waals surface area contributed by atoms with Gasteiger partial charge >= 0.3 is 0 Å². The van der Waals surface area contributed by atoms with Gasteiger partial charge in [-0.15, -0.1) is 0 Å². The smallest absolute Gasteiger partial charge is 0.271 e. The lowest BCUT2D eigenvalue weighted by Gasteiger charge is -2.13. The Bertz CT molecular complexity index is 1210. The highest BCUT2D eigenvalue weighted by Gasteiger charge is 2.13. The molecule has 9 heteroatoms. The second kappa shape index (κ2) is 11.6. The van der Waals surface area contributed by atoms with Crippen molar-refractivity contribution >= 4 is 71.5 Å². The summed E-state index contributed by atoms with van der Waals surface area (Å²) in [6.45, 7) is 3.70. The highest BCUT2D eigenvalue weighted by atomic mass is 79.9. The number of hydrogen-bond acceptors (Lipinski definition) is 4. The maximum absolute atomic E-state index is 12.5. The molecule has 170 valence electrons. The number of hydrazone groups is 1. The van der Waals surface area contributed by atoms with Gasteiger partial charge in [0.25, 0.3) is 11.8 Å². The maximum Gasteiger partial charge on any atom is 0.271 e. The fourth-order valence-corrected chi connectivity index (χ4v) is 4.49. The van der Waals surface area contributed by atoms with Crippen LogP contribution in [0.3, 0.4) is 0 Å². The highest BCUT2D eigenvalue weighted by Crippen LogP contribution is 2.32. The molecule has 0 radical (unpaired) electrons. The Kier molecular flexibility index (Phi) is 8.82. The molecule has 0 fully saturated rings. The summed E-state index contributed by atoms with van der Waals surface area (Å²) in [6, 6.07) is 16.4. The molecular formula is C24H20Br3N3O3. The average Bonchev–Trinajstić information content (AvgIpc) is 2.76. The summed E-state index contributed by atoms with van der Waals surface area (Å²) in [5, 5.41) is 6.91. The Morgan fingerprint density at radius 3 is 2.42 bits per heavy atom. The normalized spacial score (nSPS) is 10.8. The predicted octanol–water partition coefficient (Wildman–Crippen LogP) is 6.37. The standard InChI is InChI=1S/C24H20Br3N3O3/c1-14-3-4-15(2)21(9-14)29-22(31)13-33-23-17(10-19(26)11-20(23)27)12-28-30-24(32)16-5-7-18(25)8-6-16/h3-12H,13H2,1-2H3,(H,29,31)(H,30,32)/b28-12+. The van der Waals surface area contributed by atoms with E-state index < -0.39 is 0 Å². The molecule has 0 heterocycles. The van der Waals surface area contributed by atoms with E-state index in [1.165, 1.54) is 6.21 Å². The van der Waals surface area contributed by atoms with Gasteiger partial charge in [0.2, 0.25) is 0 Å². The van der Waals surface area contributed by atoms with Gasteiger partial charge in [0.1, 0.15) is 5.75 Å². The Hall–Kier alpha value is -2.49. The van der Waals surface area contributed by atoms with E-state index in [0.717, 1.165) is 25.8 Å². The van der Waals surface area contributed by atoms with Crippen LogP contribution in [-0.2, 0) is 4.79 Å². The number of carbonyl (C=O) groups excluding carboxylic acids is 2. The Morgan fingerprint density at radius 1 is 0.970 bits per heavy atom. The first-order valence-corrected chi connectivity index (χ1v) is 12.2. The van der Waals surface area contributed by atoms with Gasteiger partial charge in [-0.3, -0.25) is 9.59 Å². The van der Waals surface area contributed by atoms with Crippen molar-refractivity contribution in [1.82, 2.24) is 5.43 Å². The first-order valence-electron chi connectivity index (χ1n) is 9.81. The fraction of sp³-hybridized carbons (Fsp3) is 0.125. The minimum atomic E-state index is -0.344. The number of amides is 2. The zero-order valence-corrected chi connectivity index (χ0v) is 22.5. The molecule has 6 nitrogen and oxygen atoms in total. The predicted molar refractivity (Wildman–Crippen MR) is 141 cm³/mol. The van der Waals surface area contributed by atoms with Gasteiger partial charge in [-0.05, 0) is 83.4 Å². The van der Waals surface area contributed by atoms with Crippen LogP contribution >= 0.6 is 47.8 Å². The van der Waals surface area contributed by atoms with Crippen molar-refractivity contribution in [2.24, 2.45) is 5.10 Å². The lowest BCUT2D eigenvalue weighted by Crippen LogP contribution is -2.21. The average molecular weight is 638 g/mol. The van der Waals surface area contributed by atoms with Crippen molar-refractivity contribution < 1.29 is 14.3 Å². The van der Waals surface area contributed by atoms with Crippen molar-refractivity contribution in [2.75, 3.05) is 11.9 Å². The molecule has 3 aromatic rings. The third-order valence-corrected chi connectivity index (χ3v) is 6.10. The summed E-state index contributed by atoms with van der Waals surface area (Å²) in [4.78, 5) is 24.7. The van der Waals surface area contributed by atoms with Crippen molar-refractivity contribution in [3.63, 3.8) is 0 Å². The molecule has 33 heavy (non-hydrogen) atoms. The minimum Gasteiger partial charge on any atom is -0.482 e. The van der Waals surface area contributed by atoms with Crippen LogP contribution in [0.2, 0.25) is 0 Å². The number of nitrogens with one attached hydrogen (secondary N) is 2. The van der Waals surface area contributed by atoms with Gasteiger partial charge in [0.15, 0.2) is 6.61 Å². The third kappa shape index (κ3) is 7.25. The van der Waals surface area contributed by atoms with Gasteiger partial charge in [0.05, 0.1) is 10.7 Å². The van der Waals surface area contributed by atoms with Crippen molar-refractivity contribution in [1.29, 1.82) is 0 Å². The van der Waals surface area contributed by atoms with E-state index in [-0.39, 0.29) is 18.4 Å². The summed E-state index contributed by atoms with van der Waals surface area (Å²) in [6.07, 6.45) is 1.46. The van der Waals surface area contributed by atoms with Crippen molar-refractivity contribution in [2.45, 2.75) is 13.8 Å². The van der Waals surface area contributed by atoms with Crippen LogP contribution in [0.25, 0.3) is 0 Å². The number of halogens is 3. The third-order valence-electron chi connectivity index (χ3n) is 4.53. The Labute approximate surface area is 217 Å². The van der Waals surface area contributed by atoms with Crippen LogP contribution < -0.4 is 15.5 Å². The number of hydrogen-bond donors (Lipinski definition) is 2. The van der Waals surface area contributed by atoms with Crippen molar-refractivity contribution in [3.8, 4) is 5.75 Å². The molecule has 0 aliphatic carbocycles. The van der Waals surface area contributed by atoms with Crippen molar-refractivity contribution in [3.05, 3.63) is 90.3 Å². The molecule has 0 bridgehead atoms. The number of nitrogens with zero attached hydrogens (tertiary/aromatic N) is 1. The zero-order chi connectivity index (χ0) is 24.0. The Morgan fingerprint density at radius 2 is 1.70 bits per heavy atom. The number of carbonyl (C=O) groups is 2. The molecule has 0 aromatic heterocycles. The second-order valence-electron chi connectivity index (χ2n) is 7.17. The summed E-state index contributed by atoms with van der Waals surface area (Å²) in [5.41, 5.74) is 6.31. The zero-order valence-electron chi connectivity index (χ0n) is 17.8. The molecule has 0 unspecified atom stereocenters. The number of ether oxygens (including phenoxy) is 1. The molecule has 2 amide bonds. The molecule has 3 rings (SSSR count). The molecule has 0 saturated carbocycles. The molecule has 0 spiro atoms. The molecule has 0 aliphatic rings. The highest BCUT2D eigenvalue weighted by molar-refractivity contribution is 9.11. The number of aryl methyl sites for hydroxylation is 2. The van der Waals surface area contributed by atoms with E-state index in [9.17, 15) is 9.59 Å².